The first-order valence-corrected chi connectivity index (χ1v) is 7.16. The summed E-state index contributed by atoms with van der Waals surface area (Å²) in [5, 5.41) is -0.115. The highest BCUT2D eigenvalue weighted by atomic mass is 32.2. The Labute approximate surface area is 91.9 Å². The fraction of sp³-hybridized carbons (Fsp3) is 1.00. The van der Waals surface area contributed by atoms with Gasteiger partial charge in [-0.1, -0.05) is 6.42 Å². The Hall–Kier alpha value is -0.130. The van der Waals surface area contributed by atoms with Crippen LogP contribution in [0.3, 0.4) is 0 Å². The van der Waals surface area contributed by atoms with Crippen molar-refractivity contribution in [2.24, 2.45) is 11.1 Å². The zero-order valence-electron chi connectivity index (χ0n) is 9.28. The third-order valence-electron chi connectivity index (χ3n) is 3.86. The van der Waals surface area contributed by atoms with Crippen molar-refractivity contribution in [1.82, 2.24) is 4.31 Å². The standard InChI is InChI=1S/C10H20N2O2S/c1-12(8-10(7-11)5-6-10)15(13,14)9-3-2-4-9/h9H,2-8,11H2,1H3. The second-order valence-corrected chi connectivity index (χ2v) is 7.38. The maximum absolute atomic E-state index is 12.0. The van der Waals surface area contributed by atoms with Crippen LogP contribution in [0.4, 0.5) is 0 Å². The van der Waals surface area contributed by atoms with Gasteiger partial charge in [0.25, 0.3) is 0 Å². The Morgan fingerprint density at radius 2 is 2.00 bits per heavy atom. The van der Waals surface area contributed by atoms with Crippen LogP contribution in [0.25, 0.3) is 0 Å². The Morgan fingerprint density at radius 3 is 2.33 bits per heavy atom. The summed E-state index contributed by atoms with van der Waals surface area (Å²) in [6.07, 6.45) is 4.88. The Bertz CT molecular complexity index is 331. The predicted molar refractivity (Wildman–Crippen MR) is 59.9 cm³/mol. The summed E-state index contributed by atoms with van der Waals surface area (Å²) in [7, 11) is -1.33. The van der Waals surface area contributed by atoms with Crippen LogP contribution < -0.4 is 5.73 Å². The summed E-state index contributed by atoms with van der Waals surface area (Å²) >= 11 is 0. The van der Waals surface area contributed by atoms with Gasteiger partial charge < -0.3 is 5.73 Å². The highest BCUT2D eigenvalue weighted by Gasteiger charge is 2.45. The predicted octanol–water partition coefficient (Wildman–Crippen LogP) is 0.539. The van der Waals surface area contributed by atoms with Crippen molar-refractivity contribution in [1.29, 1.82) is 0 Å². The minimum absolute atomic E-state index is 0.103. The van der Waals surface area contributed by atoms with E-state index < -0.39 is 10.0 Å². The molecule has 0 heterocycles. The van der Waals surface area contributed by atoms with Crippen LogP contribution in [0, 0.1) is 5.41 Å². The third-order valence-corrected chi connectivity index (χ3v) is 6.17. The van der Waals surface area contributed by atoms with Gasteiger partial charge in [-0.15, -0.1) is 0 Å². The molecule has 0 atom stereocenters. The molecule has 15 heavy (non-hydrogen) atoms. The third kappa shape index (κ3) is 2.05. The van der Waals surface area contributed by atoms with Gasteiger partial charge in [0.1, 0.15) is 0 Å². The van der Waals surface area contributed by atoms with Crippen LogP contribution in [-0.4, -0.2) is 38.1 Å². The average molecular weight is 232 g/mol. The lowest BCUT2D eigenvalue weighted by molar-refractivity contribution is 0.354. The van der Waals surface area contributed by atoms with E-state index in [0.717, 1.165) is 32.1 Å². The summed E-state index contributed by atoms with van der Waals surface area (Å²) in [5.41, 5.74) is 5.76. The molecule has 2 aliphatic carbocycles. The molecular formula is C10H20N2O2S. The number of nitrogens with two attached hydrogens (primary N) is 1. The summed E-state index contributed by atoms with van der Waals surface area (Å²) in [6.45, 7) is 1.22. The van der Waals surface area contributed by atoms with E-state index in [4.69, 9.17) is 5.73 Å². The zero-order valence-corrected chi connectivity index (χ0v) is 10.1. The van der Waals surface area contributed by atoms with E-state index in [9.17, 15) is 8.42 Å². The van der Waals surface area contributed by atoms with Crippen molar-refractivity contribution < 1.29 is 8.42 Å². The van der Waals surface area contributed by atoms with Gasteiger partial charge in [-0.3, -0.25) is 0 Å². The van der Waals surface area contributed by atoms with E-state index in [2.05, 4.69) is 0 Å². The molecule has 0 amide bonds. The van der Waals surface area contributed by atoms with Gasteiger partial charge in [0.15, 0.2) is 0 Å². The van der Waals surface area contributed by atoms with Crippen molar-refractivity contribution in [3.63, 3.8) is 0 Å². The molecule has 0 aliphatic heterocycles. The van der Waals surface area contributed by atoms with Crippen LogP contribution in [0.5, 0.6) is 0 Å². The highest BCUT2D eigenvalue weighted by molar-refractivity contribution is 7.89. The first kappa shape index (κ1) is 11.4. The lowest BCUT2D eigenvalue weighted by Gasteiger charge is -2.31. The Balaban J connectivity index is 1.97. The second kappa shape index (κ2) is 3.71. The molecule has 0 bridgehead atoms. The number of hydrogen-bond acceptors (Lipinski definition) is 3. The molecule has 0 aromatic heterocycles. The van der Waals surface area contributed by atoms with E-state index >= 15 is 0 Å². The Morgan fingerprint density at radius 1 is 1.40 bits per heavy atom. The monoisotopic (exact) mass is 232 g/mol. The lowest BCUT2D eigenvalue weighted by atomic mass is 10.0. The quantitative estimate of drug-likeness (QED) is 0.752. The van der Waals surface area contributed by atoms with E-state index in [1.807, 2.05) is 0 Å². The molecule has 0 unspecified atom stereocenters. The molecule has 5 heteroatoms. The summed E-state index contributed by atoms with van der Waals surface area (Å²) in [4.78, 5) is 0. The molecule has 0 saturated heterocycles. The average Bonchev–Trinajstić information content (AvgIpc) is 2.81. The second-order valence-electron chi connectivity index (χ2n) is 5.06. The molecule has 2 rings (SSSR count). The zero-order chi connectivity index (χ0) is 11.1. The first-order chi connectivity index (χ1) is 7.00. The SMILES string of the molecule is CN(CC1(CN)CC1)S(=O)(=O)C1CCC1. The van der Waals surface area contributed by atoms with Crippen molar-refractivity contribution >= 4 is 10.0 Å². The minimum atomic E-state index is -3.03. The molecule has 88 valence electrons. The van der Waals surface area contributed by atoms with Crippen LogP contribution in [0.2, 0.25) is 0 Å². The maximum Gasteiger partial charge on any atom is 0.216 e. The van der Waals surface area contributed by atoms with Gasteiger partial charge in [-0.25, -0.2) is 12.7 Å². The number of nitrogens with zero attached hydrogens (tertiary/aromatic N) is 1. The lowest BCUT2D eigenvalue weighted by Crippen LogP contribution is -2.43. The van der Waals surface area contributed by atoms with E-state index in [0.29, 0.717) is 13.1 Å². The molecule has 0 radical (unpaired) electrons. The fourth-order valence-electron chi connectivity index (χ4n) is 2.09. The van der Waals surface area contributed by atoms with Crippen LogP contribution in [-0.2, 0) is 10.0 Å². The van der Waals surface area contributed by atoms with E-state index in [1.54, 1.807) is 7.05 Å². The maximum atomic E-state index is 12.0. The van der Waals surface area contributed by atoms with Gasteiger partial charge in [0.05, 0.1) is 5.25 Å². The summed E-state index contributed by atoms with van der Waals surface area (Å²) < 4.78 is 25.6. The first-order valence-electron chi connectivity index (χ1n) is 5.65. The molecule has 0 spiro atoms. The highest BCUT2D eigenvalue weighted by Crippen LogP contribution is 2.45. The van der Waals surface area contributed by atoms with Crippen molar-refractivity contribution in [3.8, 4) is 0 Å². The smallest absolute Gasteiger partial charge is 0.216 e. The van der Waals surface area contributed by atoms with Gasteiger partial charge in [0.2, 0.25) is 10.0 Å². The molecule has 2 saturated carbocycles. The number of rotatable bonds is 5. The van der Waals surface area contributed by atoms with Crippen LogP contribution in [0.1, 0.15) is 32.1 Å². The number of sulfonamides is 1. The van der Waals surface area contributed by atoms with Crippen molar-refractivity contribution in [2.75, 3.05) is 20.1 Å². The van der Waals surface area contributed by atoms with Gasteiger partial charge in [0, 0.05) is 13.6 Å². The fourth-order valence-corrected chi connectivity index (χ4v) is 3.98. The van der Waals surface area contributed by atoms with Gasteiger partial charge in [-0.2, -0.15) is 0 Å². The van der Waals surface area contributed by atoms with Crippen LogP contribution >= 0.6 is 0 Å². The van der Waals surface area contributed by atoms with Crippen molar-refractivity contribution in [3.05, 3.63) is 0 Å². The topological polar surface area (TPSA) is 63.4 Å². The molecule has 0 aromatic carbocycles. The van der Waals surface area contributed by atoms with Crippen molar-refractivity contribution in [2.45, 2.75) is 37.4 Å². The minimum Gasteiger partial charge on any atom is -0.330 e. The van der Waals surface area contributed by atoms with Crippen LogP contribution in [0.15, 0.2) is 0 Å². The van der Waals surface area contributed by atoms with E-state index in [-0.39, 0.29) is 10.7 Å². The molecule has 4 nitrogen and oxygen atoms in total. The summed E-state index contributed by atoms with van der Waals surface area (Å²) in [6, 6.07) is 0. The largest absolute Gasteiger partial charge is 0.330 e. The Kier molecular flexibility index (Phi) is 2.81. The van der Waals surface area contributed by atoms with Gasteiger partial charge in [-0.05, 0) is 37.6 Å². The molecule has 2 fully saturated rings. The molecule has 2 N–H and O–H groups in total. The molecule has 2 aliphatic rings. The molecular weight excluding hydrogens is 212 g/mol. The summed E-state index contributed by atoms with van der Waals surface area (Å²) in [5.74, 6) is 0. The molecule has 0 aromatic rings. The normalized spacial score (nSPS) is 25.3. The van der Waals surface area contributed by atoms with Gasteiger partial charge >= 0.3 is 0 Å². The number of hydrogen-bond donors (Lipinski definition) is 1. The van der Waals surface area contributed by atoms with E-state index in [1.165, 1.54) is 4.31 Å².